The standard InChI is InChI=1S/C16H13ClN6S.C7H12O/c1-18-10-4-2-3-9(7-10)15-22-23-16(24-15)20-13-6-5-12-11(14(13)17)8-19-21-12;8-6-7-4-2-1-3-5-7/h2-8,18H,1H3,(H,19,21)(H,20,23);6-7H,1-5H2. The molecule has 9 heteroatoms. The second-order valence-corrected chi connectivity index (χ2v) is 9.02. The predicted molar refractivity (Wildman–Crippen MR) is 132 cm³/mol. The Balaban J connectivity index is 0.000000260. The van der Waals surface area contributed by atoms with Gasteiger partial charge < -0.3 is 15.4 Å². The molecule has 1 aliphatic carbocycles. The van der Waals surface area contributed by atoms with Crippen LogP contribution in [0.15, 0.2) is 42.6 Å². The van der Waals surface area contributed by atoms with Crippen LogP contribution in [0.25, 0.3) is 21.5 Å². The summed E-state index contributed by atoms with van der Waals surface area (Å²) in [5, 5.41) is 24.7. The third kappa shape index (κ3) is 5.26. The molecule has 5 rings (SSSR count). The van der Waals surface area contributed by atoms with E-state index >= 15 is 0 Å². The number of carbonyl (C=O) groups is 1. The highest BCUT2D eigenvalue weighted by molar-refractivity contribution is 7.18. The molecule has 2 aromatic heterocycles. The SMILES string of the molecule is CNc1cccc(-c2nnc(Nc3ccc4[nH]ncc4c3Cl)s2)c1.O=CC1CCCCC1. The van der Waals surface area contributed by atoms with Gasteiger partial charge in [-0.15, -0.1) is 10.2 Å². The van der Waals surface area contributed by atoms with Crippen LogP contribution < -0.4 is 10.6 Å². The Kier molecular flexibility index (Phi) is 7.34. The number of carbonyl (C=O) groups excluding carboxylic acids is 1. The van der Waals surface area contributed by atoms with Crippen LogP contribution in [0.2, 0.25) is 5.02 Å². The van der Waals surface area contributed by atoms with Gasteiger partial charge in [0, 0.05) is 29.6 Å². The smallest absolute Gasteiger partial charge is 0.210 e. The van der Waals surface area contributed by atoms with E-state index < -0.39 is 0 Å². The fourth-order valence-electron chi connectivity index (χ4n) is 3.66. The molecule has 0 bridgehead atoms. The highest BCUT2D eigenvalue weighted by Crippen LogP contribution is 2.34. The molecular weight excluding hydrogens is 444 g/mol. The maximum atomic E-state index is 10.2. The van der Waals surface area contributed by atoms with Crippen LogP contribution in [0.4, 0.5) is 16.5 Å². The van der Waals surface area contributed by atoms with Crippen molar-refractivity contribution in [3.8, 4) is 10.6 Å². The second-order valence-electron chi connectivity index (χ2n) is 7.66. The van der Waals surface area contributed by atoms with Gasteiger partial charge in [-0.3, -0.25) is 5.10 Å². The van der Waals surface area contributed by atoms with Crippen molar-refractivity contribution in [1.82, 2.24) is 20.4 Å². The minimum absolute atomic E-state index is 0.406. The van der Waals surface area contributed by atoms with Crippen molar-refractivity contribution in [3.63, 3.8) is 0 Å². The summed E-state index contributed by atoms with van der Waals surface area (Å²) in [6.07, 6.45) is 8.97. The second kappa shape index (κ2) is 10.6. The van der Waals surface area contributed by atoms with Crippen molar-refractivity contribution in [1.29, 1.82) is 0 Å². The number of rotatable bonds is 5. The number of H-pyrrole nitrogens is 1. The minimum atomic E-state index is 0.406. The van der Waals surface area contributed by atoms with E-state index in [4.69, 9.17) is 11.6 Å². The first kappa shape index (κ1) is 22.2. The van der Waals surface area contributed by atoms with Gasteiger partial charge in [0.2, 0.25) is 5.13 Å². The molecule has 0 unspecified atom stereocenters. The zero-order valence-corrected chi connectivity index (χ0v) is 19.3. The van der Waals surface area contributed by atoms with E-state index in [0.29, 0.717) is 16.1 Å². The predicted octanol–water partition coefficient (Wildman–Crippen LogP) is 6.29. The molecule has 3 N–H and O–H groups in total. The molecule has 0 saturated heterocycles. The molecule has 166 valence electrons. The Labute approximate surface area is 195 Å². The van der Waals surface area contributed by atoms with Gasteiger partial charge in [0.1, 0.15) is 11.3 Å². The van der Waals surface area contributed by atoms with Crippen molar-refractivity contribution >= 4 is 56.6 Å². The zero-order chi connectivity index (χ0) is 22.3. The lowest BCUT2D eigenvalue weighted by atomic mass is 9.91. The Morgan fingerprint density at radius 2 is 2.00 bits per heavy atom. The number of nitrogens with one attached hydrogen (secondary N) is 3. The molecule has 1 aliphatic rings. The van der Waals surface area contributed by atoms with Crippen molar-refractivity contribution in [2.24, 2.45) is 5.92 Å². The third-order valence-corrected chi connectivity index (χ3v) is 6.76. The first-order chi connectivity index (χ1) is 15.7. The minimum Gasteiger partial charge on any atom is -0.388 e. The summed E-state index contributed by atoms with van der Waals surface area (Å²) in [6.45, 7) is 0. The van der Waals surface area contributed by atoms with Gasteiger partial charge in [0.05, 0.1) is 22.4 Å². The van der Waals surface area contributed by atoms with E-state index in [2.05, 4.69) is 31.0 Å². The Hall–Kier alpha value is -2.97. The number of anilines is 3. The molecule has 2 aromatic carbocycles. The van der Waals surface area contributed by atoms with Crippen molar-refractivity contribution in [3.05, 3.63) is 47.6 Å². The van der Waals surface area contributed by atoms with E-state index in [9.17, 15) is 4.79 Å². The molecule has 0 atom stereocenters. The molecule has 1 fully saturated rings. The highest BCUT2D eigenvalue weighted by Gasteiger charge is 2.12. The number of fused-ring (bicyclic) bond motifs is 1. The summed E-state index contributed by atoms with van der Waals surface area (Å²) < 4.78 is 0. The Morgan fingerprint density at radius 3 is 2.75 bits per heavy atom. The van der Waals surface area contributed by atoms with Crippen LogP contribution in [-0.4, -0.2) is 33.7 Å². The largest absolute Gasteiger partial charge is 0.388 e. The van der Waals surface area contributed by atoms with E-state index in [1.165, 1.54) is 30.6 Å². The lowest BCUT2D eigenvalue weighted by Gasteiger charge is -2.14. The summed E-state index contributed by atoms with van der Waals surface area (Å²) in [5.74, 6) is 0.406. The Bertz CT molecular complexity index is 1180. The molecule has 7 nitrogen and oxygen atoms in total. The van der Waals surface area contributed by atoms with Gasteiger partial charge in [-0.1, -0.05) is 54.3 Å². The molecular formula is C23H25ClN6OS. The van der Waals surface area contributed by atoms with Crippen molar-refractivity contribution < 1.29 is 4.79 Å². The highest BCUT2D eigenvalue weighted by atomic mass is 35.5. The lowest BCUT2D eigenvalue weighted by molar-refractivity contribution is -0.111. The molecule has 0 aliphatic heterocycles. The average Bonchev–Trinajstić information content (AvgIpc) is 3.52. The zero-order valence-electron chi connectivity index (χ0n) is 17.8. The molecule has 0 spiro atoms. The number of hydrogen-bond acceptors (Lipinski definition) is 7. The van der Waals surface area contributed by atoms with Gasteiger partial charge in [-0.25, -0.2) is 0 Å². The first-order valence-corrected chi connectivity index (χ1v) is 11.8. The van der Waals surface area contributed by atoms with Crippen LogP contribution >= 0.6 is 22.9 Å². The maximum absolute atomic E-state index is 10.2. The van der Waals surface area contributed by atoms with E-state index in [-0.39, 0.29) is 0 Å². The van der Waals surface area contributed by atoms with Crippen LogP contribution in [0.1, 0.15) is 32.1 Å². The molecule has 1 saturated carbocycles. The Morgan fingerprint density at radius 1 is 1.16 bits per heavy atom. The van der Waals surface area contributed by atoms with Crippen LogP contribution in [0, 0.1) is 5.92 Å². The molecule has 0 amide bonds. The first-order valence-electron chi connectivity index (χ1n) is 10.6. The quantitative estimate of drug-likeness (QED) is 0.298. The number of aromatic amines is 1. The summed E-state index contributed by atoms with van der Waals surface area (Å²) >= 11 is 7.89. The van der Waals surface area contributed by atoms with E-state index in [0.717, 1.165) is 52.0 Å². The number of aromatic nitrogens is 4. The van der Waals surface area contributed by atoms with Gasteiger partial charge in [-0.2, -0.15) is 5.10 Å². The lowest BCUT2D eigenvalue weighted by Crippen LogP contribution is -2.06. The van der Waals surface area contributed by atoms with Gasteiger partial charge in [0.25, 0.3) is 0 Å². The maximum Gasteiger partial charge on any atom is 0.210 e. The van der Waals surface area contributed by atoms with Crippen LogP contribution in [-0.2, 0) is 4.79 Å². The number of hydrogen-bond donors (Lipinski definition) is 3. The van der Waals surface area contributed by atoms with E-state index in [1.54, 1.807) is 6.20 Å². The summed E-state index contributed by atoms with van der Waals surface area (Å²) in [6, 6.07) is 11.9. The molecule has 4 aromatic rings. The summed E-state index contributed by atoms with van der Waals surface area (Å²) in [7, 11) is 1.89. The topological polar surface area (TPSA) is 95.6 Å². The molecule has 0 radical (unpaired) electrons. The average molecular weight is 469 g/mol. The van der Waals surface area contributed by atoms with Crippen LogP contribution in [0.5, 0.6) is 0 Å². The summed E-state index contributed by atoms with van der Waals surface area (Å²) in [4.78, 5) is 10.2. The normalized spacial score (nSPS) is 13.9. The fraction of sp³-hybridized carbons (Fsp3) is 0.304. The number of nitrogens with zero attached hydrogens (tertiary/aromatic N) is 3. The number of halogens is 1. The third-order valence-electron chi connectivity index (χ3n) is 5.47. The number of benzene rings is 2. The fourth-order valence-corrected chi connectivity index (χ4v) is 4.68. The van der Waals surface area contributed by atoms with Crippen molar-refractivity contribution in [2.45, 2.75) is 32.1 Å². The van der Waals surface area contributed by atoms with Gasteiger partial charge >= 0.3 is 0 Å². The van der Waals surface area contributed by atoms with E-state index in [1.807, 2.05) is 43.4 Å². The molecule has 2 heterocycles. The summed E-state index contributed by atoms with van der Waals surface area (Å²) in [5.41, 5.74) is 3.72. The number of aldehydes is 1. The van der Waals surface area contributed by atoms with Crippen molar-refractivity contribution in [2.75, 3.05) is 17.7 Å². The monoisotopic (exact) mass is 468 g/mol. The van der Waals surface area contributed by atoms with Gasteiger partial charge in [0.15, 0.2) is 0 Å². The molecule has 32 heavy (non-hydrogen) atoms. The van der Waals surface area contributed by atoms with Crippen LogP contribution in [0.3, 0.4) is 0 Å². The van der Waals surface area contributed by atoms with Gasteiger partial charge in [-0.05, 0) is 37.1 Å².